The fourth-order valence-corrected chi connectivity index (χ4v) is 3.05. The Morgan fingerprint density at radius 2 is 1.81 bits per heavy atom. The molecule has 1 aliphatic heterocycles. The van der Waals surface area contributed by atoms with E-state index >= 15 is 0 Å². The van der Waals surface area contributed by atoms with Gasteiger partial charge in [-0.05, 0) is 24.1 Å². The second-order valence-electron chi connectivity index (χ2n) is 5.26. The van der Waals surface area contributed by atoms with E-state index in [1.165, 1.54) is 0 Å². The Bertz CT molecular complexity index is 703. The summed E-state index contributed by atoms with van der Waals surface area (Å²) in [6.45, 7) is 2.02. The predicted molar refractivity (Wildman–Crippen MR) is 80.4 cm³/mol. The van der Waals surface area contributed by atoms with E-state index < -0.39 is 0 Å². The Kier molecular flexibility index (Phi) is 3.45. The Morgan fingerprint density at radius 3 is 2.52 bits per heavy atom. The minimum atomic E-state index is -0.158. The largest absolute Gasteiger partial charge is 0.324 e. The van der Waals surface area contributed by atoms with E-state index in [4.69, 9.17) is 5.26 Å². The number of nitrogens with zero attached hydrogens (tertiary/aromatic N) is 2. The molecule has 0 N–H and O–H groups in total. The van der Waals surface area contributed by atoms with E-state index in [2.05, 4.69) is 6.07 Å². The van der Waals surface area contributed by atoms with Gasteiger partial charge in [-0.1, -0.05) is 48.5 Å². The Hall–Kier alpha value is -2.60. The van der Waals surface area contributed by atoms with Gasteiger partial charge in [-0.3, -0.25) is 4.79 Å². The van der Waals surface area contributed by atoms with Crippen LogP contribution in [0.5, 0.6) is 0 Å². The second-order valence-corrected chi connectivity index (χ2v) is 5.26. The molecule has 0 spiro atoms. The van der Waals surface area contributed by atoms with Crippen LogP contribution < -0.4 is 0 Å². The molecule has 3 heteroatoms. The van der Waals surface area contributed by atoms with Crippen molar-refractivity contribution in [3.05, 3.63) is 71.3 Å². The lowest BCUT2D eigenvalue weighted by Gasteiger charge is -2.30. The lowest BCUT2D eigenvalue weighted by molar-refractivity contribution is 0.0646. The van der Waals surface area contributed by atoms with Crippen LogP contribution in [-0.2, 0) is 0 Å². The molecule has 3 nitrogen and oxygen atoms in total. The lowest BCUT2D eigenvalue weighted by atomic mass is 10.0. The maximum Gasteiger partial charge on any atom is 0.255 e. The summed E-state index contributed by atoms with van der Waals surface area (Å²) in [5.74, 6) is 0.0159. The van der Waals surface area contributed by atoms with Crippen LogP contribution in [0.4, 0.5) is 0 Å². The van der Waals surface area contributed by atoms with Gasteiger partial charge in [0.2, 0.25) is 0 Å². The molecule has 0 saturated heterocycles. The number of carbonyl (C=O) groups excluding carboxylic acids is 1. The highest BCUT2D eigenvalue weighted by molar-refractivity contribution is 5.99. The van der Waals surface area contributed by atoms with Crippen LogP contribution in [0.1, 0.15) is 46.9 Å². The summed E-state index contributed by atoms with van der Waals surface area (Å²) in [5.41, 5.74) is 2.77. The van der Waals surface area contributed by atoms with Crippen LogP contribution in [0.3, 0.4) is 0 Å². The van der Waals surface area contributed by atoms with Crippen molar-refractivity contribution >= 4 is 5.91 Å². The summed E-state index contributed by atoms with van der Waals surface area (Å²) >= 11 is 0. The number of nitriles is 1. The molecule has 21 heavy (non-hydrogen) atoms. The highest BCUT2D eigenvalue weighted by Crippen LogP contribution is 2.41. The molecule has 1 amide bonds. The van der Waals surface area contributed by atoms with Gasteiger partial charge in [0.25, 0.3) is 5.91 Å². The molecule has 0 fully saturated rings. The molecule has 1 aliphatic rings. The fourth-order valence-electron chi connectivity index (χ4n) is 3.05. The first-order valence-electron chi connectivity index (χ1n) is 7.07. The highest BCUT2D eigenvalue weighted by Gasteiger charge is 2.39. The zero-order valence-corrected chi connectivity index (χ0v) is 11.9. The summed E-state index contributed by atoms with van der Waals surface area (Å²) in [6, 6.07) is 19.5. The Morgan fingerprint density at radius 1 is 1.14 bits per heavy atom. The predicted octanol–water partition coefficient (Wildman–Crippen LogP) is 3.86. The summed E-state index contributed by atoms with van der Waals surface area (Å²) in [7, 11) is 0. The second kappa shape index (κ2) is 5.41. The average Bonchev–Trinajstić information content (AvgIpc) is 2.81. The van der Waals surface area contributed by atoms with E-state index in [1.54, 1.807) is 0 Å². The van der Waals surface area contributed by atoms with Crippen LogP contribution in [-0.4, -0.2) is 10.8 Å². The van der Waals surface area contributed by atoms with Gasteiger partial charge in [-0.15, -0.1) is 0 Å². The molecule has 2 atom stereocenters. The monoisotopic (exact) mass is 276 g/mol. The molecule has 1 heterocycles. The summed E-state index contributed by atoms with van der Waals surface area (Å²) in [6.07, 6.45) is 0.319. The molecule has 2 aromatic rings. The number of hydrogen-bond donors (Lipinski definition) is 0. The topological polar surface area (TPSA) is 44.1 Å². The molecule has 2 aromatic carbocycles. The number of benzene rings is 2. The van der Waals surface area contributed by atoms with Gasteiger partial charge in [0.15, 0.2) is 0 Å². The van der Waals surface area contributed by atoms with E-state index in [1.807, 2.05) is 66.4 Å². The lowest BCUT2D eigenvalue weighted by Crippen LogP contribution is -2.30. The molecule has 0 aliphatic carbocycles. The van der Waals surface area contributed by atoms with Gasteiger partial charge in [-0.2, -0.15) is 5.26 Å². The van der Waals surface area contributed by atoms with E-state index in [0.29, 0.717) is 6.42 Å². The third-order valence-electron chi connectivity index (χ3n) is 4.10. The first-order valence-corrected chi connectivity index (χ1v) is 7.07. The van der Waals surface area contributed by atoms with Crippen molar-refractivity contribution in [2.24, 2.45) is 0 Å². The van der Waals surface area contributed by atoms with Gasteiger partial charge in [0.05, 0.1) is 24.6 Å². The minimum Gasteiger partial charge on any atom is -0.324 e. The summed E-state index contributed by atoms with van der Waals surface area (Å²) < 4.78 is 0. The first kappa shape index (κ1) is 13.4. The average molecular weight is 276 g/mol. The first-order chi connectivity index (χ1) is 10.2. The number of hydrogen-bond acceptors (Lipinski definition) is 2. The third-order valence-corrected chi connectivity index (χ3v) is 4.10. The standard InChI is InChI=1S/C18H16N2O/c1-13(14-7-3-2-4-8-14)20-17(11-12-19)15-9-5-6-10-16(15)18(20)21/h2-10,13,17H,11H2,1H3/t13-,17?/m1/s1. The SMILES string of the molecule is C[C@H](c1ccccc1)N1C(=O)c2ccccc2C1CC#N. The van der Waals surface area contributed by atoms with Gasteiger partial charge in [-0.25, -0.2) is 0 Å². The van der Waals surface area contributed by atoms with Crippen LogP contribution in [0.25, 0.3) is 0 Å². The van der Waals surface area contributed by atoms with Crippen molar-refractivity contribution in [3.63, 3.8) is 0 Å². The smallest absolute Gasteiger partial charge is 0.255 e. The molecular formula is C18H16N2O. The molecule has 0 aromatic heterocycles. The van der Waals surface area contributed by atoms with Crippen LogP contribution in [0.15, 0.2) is 54.6 Å². The number of rotatable bonds is 3. The van der Waals surface area contributed by atoms with E-state index in [0.717, 1.165) is 16.7 Å². The van der Waals surface area contributed by atoms with Crippen LogP contribution >= 0.6 is 0 Å². The van der Waals surface area contributed by atoms with Gasteiger partial charge < -0.3 is 4.90 Å². The van der Waals surface area contributed by atoms with Crippen molar-refractivity contribution < 1.29 is 4.79 Å². The normalized spacial score (nSPS) is 18.2. The molecule has 0 bridgehead atoms. The van der Waals surface area contributed by atoms with E-state index in [9.17, 15) is 4.79 Å². The van der Waals surface area contributed by atoms with E-state index in [-0.39, 0.29) is 18.0 Å². The van der Waals surface area contributed by atoms with Crippen LogP contribution in [0, 0.1) is 11.3 Å². The van der Waals surface area contributed by atoms with Gasteiger partial charge >= 0.3 is 0 Å². The van der Waals surface area contributed by atoms with Crippen molar-refractivity contribution in [3.8, 4) is 6.07 Å². The Balaban J connectivity index is 2.02. The molecule has 0 saturated carbocycles. The molecule has 0 radical (unpaired) electrons. The van der Waals surface area contributed by atoms with Crippen molar-refractivity contribution in [2.45, 2.75) is 25.4 Å². The highest BCUT2D eigenvalue weighted by atomic mass is 16.2. The zero-order chi connectivity index (χ0) is 14.8. The maximum atomic E-state index is 12.7. The quantitative estimate of drug-likeness (QED) is 0.854. The van der Waals surface area contributed by atoms with Gasteiger partial charge in [0, 0.05) is 5.56 Å². The molecule has 104 valence electrons. The number of carbonyl (C=O) groups is 1. The fraction of sp³-hybridized carbons (Fsp3) is 0.222. The van der Waals surface area contributed by atoms with Crippen LogP contribution in [0.2, 0.25) is 0 Å². The van der Waals surface area contributed by atoms with Crippen molar-refractivity contribution in [1.29, 1.82) is 5.26 Å². The number of amides is 1. The Labute approximate surface area is 124 Å². The minimum absolute atomic E-state index is 0.0159. The van der Waals surface area contributed by atoms with Gasteiger partial charge in [0.1, 0.15) is 0 Å². The summed E-state index contributed by atoms with van der Waals surface area (Å²) in [5, 5.41) is 9.12. The molecular weight excluding hydrogens is 260 g/mol. The summed E-state index contributed by atoms with van der Waals surface area (Å²) in [4.78, 5) is 14.5. The number of fused-ring (bicyclic) bond motifs is 1. The van der Waals surface area contributed by atoms with Crippen molar-refractivity contribution in [2.75, 3.05) is 0 Å². The molecule has 1 unspecified atom stereocenters. The van der Waals surface area contributed by atoms with Crippen molar-refractivity contribution in [1.82, 2.24) is 4.90 Å². The third kappa shape index (κ3) is 2.19. The zero-order valence-electron chi connectivity index (χ0n) is 11.9. The molecule has 3 rings (SSSR count). The maximum absolute atomic E-state index is 12.7.